The van der Waals surface area contributed by atoms with Crippen molar-refractivity contribution < 1.29 is 4.79 Å². The largest absolute Gasteiger partial charge is 0.350 e. The minimum absolute atomic E-state index is 0.125. The molecule has 25 heavy (non-hydrogen) atoms. The van der Waals surface area contributed by atoms with Gasteiger partial charge in [-0.3, -0.25) is 14.6 Å². The average Bonchev–Trinajstić information content (AvgIpc) is 3.37. The van der Waals surface area contributed by atoms with Gasteiger partial charge < -0.3 is 5.32 Å². The third-order valence-electron chi connectivity index (χ3n) is 4.26. The molecule has 1 aliphatic rings. The molecule has 3 aromatic heterocycles. The Balaban J connectivity index is 1.53. The normalized spacial score (nSPS) is 14.0. The number of rotatable bonds is 5. The minimum Gasteiger partial charge on any atom is -0.350 e. The van der Waals surface area contributed by atoms with E-state index in [9.17, 15) is 9.59 Å². The van der Waals surface area contributed by atoms with Crippen LogP contribution in [0.3, 0.4) is 0 Å². The van der Waals surface area contributed by atoms with Crippen LogP contribution < -0.4 is 10.9 Å². The molecular weight excluding hydrogens is 320 g/mol. The quantitative estimate of drug-likeness (QED) is 0.742. The lowest BCUT2D eigenvalue weighted by molar-refractivity contribution is -0.122. The summed E-state index contributed by atoms with van der Waals surface area (Å²) in [5.74, 6) is 0.764. The Labute approximate surface area is 143 Å². The molecule has 8 heteroatoms. The van der Waals surface area contributed by atoms with E-state index in [4.69, 9.17) is 0 Å². The average molecular weight is 338 g/mol. The highest BCUT2D eigenvalue weighted by atomic mass is 16.2. The highest BCUT2D eigenvalue weighted by Crippen LogP contribution is 2.39. The lowest BCUT2D eigenvalue weighted by Crippen LogP contribution is -2.34. The van der Waals surface area contributed by atoms with Crippen LogP contribution in [0.2, 0.25) is 0 Å². The predicted molar refractivity (Wildman–Crippen MR) is 90.0 cm³/mol. The Morgan fingerprint density at radius 1 is 1.36 bits per heavy atom. The van der Waals surface area contributed by atoms with E-state index in [2.05, 4.69) is 20.5 Å². The number of hydrogen-bond donors (Lipinski definition) is 1. The Morgan fingerprint density at radius 3 is 2.92 bits per heavy atom. The fourth-order valence-electron chi connectivity index (χ4n) is 2.77. The van der Waals surface area contributed by atoms with Crippen molar-refractivity contribution in [1.29, 1.82) is 0 Å². The molecule has 1 saturated carbocycles. The first kappa shape index (κ1) is 15.5. The molecule has 0 bridgehead atoms. The summed E-state index contributed by atoms with van der Waals surface area (Å²) in [6.07, 6.45) is 5.59. The molecule has 1 amide bonds. The van der Waals surface area contributed by atoms with E-state index in [1.54, 1.807) is 23.8 Å². The molecule has 0 aromatic carbocycles. The number of pyridine rings is 1. The summed E-state index contributed by atoms with van der Waals surface area (Å²) in [5, 5.41) is 11.5. The molecule has 3 heterocycles. The number of hydrogen-bond acceptors (Lipinski definition) is 5. The van der Waals surface area contributed by atoms with E-state index >= 15 is 0 Å². The molecular formula is C17H18N6O2. The van der Waals surface area contributed by atoms with Crippen LogP contribution in [0, 0.1) is 6.92 Å². The zero-order chi connectivity index (χ0) is 17.4. The Kier molecular flexibility index (Phi) is 3.79. The maximum absolute atomic E-state index is 12.6. The number of amides is 1. The molecule has 0 radical (unpaired) electrons. The fourth-order valence-corrected chi connectivity index (χ4v) is 2.77. The molecule has 128 valence electrons. The molecule has 0 spiro atoms. The lowest BCUT2D eigenvalue weighted by Gasteiger charge is -2.08. The topological polar surface area (TPSA) is 94.2 Å². The van der Waals surface area contributed by atoms with Crippen LogP contribution in [0.15, 0.2) is 35.4 Å². The Hall–Kier alpha value is -3.03. The van der Waals surface area contributed by atoms with Crippen molar-refractivity contribution in [3.05, 3.63) is 58.0 Å². The van der Waals surface area contributed by atoms with Crippen molar-refractivity contribution in [2.24, 2.45) is 0 Å². The SMILES string of the molecule is Cc1nn(CC(=O)NCc2cccnc2)c(=O)c2cc(C3CC3)nn12. The van der Waals surface area contributed by atoms with Crippen molar-refractivity contribution in [1.82, 2.24) is 29.7 Å². The summed E-state index contributed by atoms with van der Waals surface area (Å²) in [6.45, 7) is 2.02. The van der Waals surface area contributed by atoms with E-state index < -0.39 is 0 Å². The zero-order valence-corrected chi connectivity index (χ0v) is 13.8. The van der Waals surface area contributed by atoms with Crippen LogP contribution in [0.1, 0.15) is 35.8 Å². The van der Waals surface area contributed by atoms with Crippen LogP contribution in [-0.2, 0) is 17.9 Å². The van der Waals surface area contributed by atoms with Crippen LogP contribution in [0.5, 0.6) is 0 Å². The highest BCUT2D eigenvalue weighted by Gasteiger charge is 2.27. The van der Waals surface area contributed by atoms with Gasteiger partial charge in [0.2, 0.25) is 5.91 Å². The minimum atomic E-state index is -0.304. The third-order valence-corrected chi connectivity index (χ3v) is 4.26. The molecule has 8 nitrogen and oxygen atoms in total. The number of aryl methyl sites for hydroxylation is 1. The maximum Gasteiger partial charge on any atom is 0.293 e. The monoisotopic (exact) mass is 338 g/mol. The van der Waals surface area contributed by atoms with E-state index in [0.717, 1.165) is 24.1 Å². The smallest absolute Gasteiger partial charge is 0.293 e. The number of nitrogens with zero attached hydrogens (tertiary/aromatic N) is 5. The van der Waals surface area contributed by atoms with Gasteiger partial charge in [-0.25, -0.2) is 9.20 Å². The van der Waals surface area contributed by atoms with Gasteiger partial charge >= 0.3 is 0 Å². The lowest BCUT2D eigenvalue weighted by atomic mass is 10.3. The van der Waals surface area contributed by atoms with Crippen molar-refractivity contribution in [2.45, 2.75) is 38.8 Å². The van der Waals surface area contributed by atoms with Crippen LogP contribution in [0.25, 0.3) is 5.52 Å². The van der Waals surface area contributed by atoms with Gasteiger partial charge in [-0.2, -0.15) is 10.2 Å². The second-order valence-corrected chi connectivity index (χ2v) is 6.29. The highest BCUT2D eigenvalue weighted by molar-refractivity contribution is 5.75. The van der Waals surface area contributed by atoms with Crippen LogP contribution in [0.4, 0.5) is 0 Å². The van der Waals surface area contributed by atoms with Gasteiger partial charge in [-0.1, -0.05) is 6.07 Å². The third kappa shape index (κ3) is 3.15. The molecule has 0 saturated heterocycles. The summed E-state index contributed by atoms with van der Waals surface area (Å²) in [6, 6.07) is 5.50. The van der Waals surface area contributed by atoms with Gasteiger partial charge in [-0.05, 0) is 37.5 Å². The zero-order valence-electron chi connectivity index (χ0n) is 13.8. The molecule has 0 unspecified atom stereocenters. The van der Waals surface area contributed by atoms with E-state index in [0.29, 0.717) is 23.8 Å². The first-order valence-corrected chi connectivity index (χ1v) is 8.25. The second kappa shape index (κ2) is 6.12. The molecule has 3 aromatic rings. The molecule has 1 aliphatic carbocycles. The summed E-state index contributed by atoms with van der Waals surface area (Å²) in [7, 11) is 0. The Morgan fingerprint density at radius 2 is 2.20 bits per heavy atom. The first-order chi connectivity index (χ1) is 12.1. The number of aromatic nitrogens is 5. The molecule has 1 N–H and O–H groups in total. The number of carbonyl (C=O) groups is 1. The summed E-state index contributed by atoms with van der Waals surface area (Å²) in [5.41, 5.74) is 1.99. The van der Waals surface area contributed by atoms with Gasteiger partial charge in [0.15, 0.2) is 0 Å². The van der Waals surface area contributed by atoms with Crippen LogP contribution in [-0.4, -0.2) is 30.3 Å². The summed E-state index contributed by atoms with van der Waals surface area (Å²) >= 11 is 0. The summed E-state index contributed by atoms with van der Waals surface area (Å²) in [4.78, 5) is 28.8. The first-order valence-electron chi connectivity index (χ1n) is 8.25. The van der Waals surface area contributed by atoms with Crippen molar-refractivity contribution in [2.75, 3.05) is 0 Å². The predicted octanol–water partition coefficient (Wildman–Crippen LogP) is 0.788. The molecule has 4 rings (SSSR count). The van der Waals surface area contributed by atoms with Crippen molar-refractivity contribution in [3.8, 4) is 0 Å². The number of fused-ring (bicyclic) bond motifs is 1. The molecule has 1 fully saturated rings. The van der Waals surface area contributed by atoms with Crippen molar-refractivity contribution in [3.63, 3.8) is 0 Å². The standard InChI is InChI=1S/C17H18N6O2/c1-11-20-22(10-16(24)19-9-12-3-2-6-18-8-12)17(25)15-7-14(13-4-5-13)21-23(11)15/h2-3,6-8,13H,4-5,9-10H2,1H3,(H,19,24). The van der Waals surface area contributed by atoms with Gasteiger partial charge in [0, 0.05) is 24.9 Å². The van der Waals surface area contributed by atoms with Gasteiger partial charge in [0.1, 0.15) is 17.9 Å². The van der Waals surface area contributed by atoms with Gasteiger partial charge in [-0.15, -0.1) is 0 Å². The van der Waals surface area contributed by atoms with Gasteiger partial charge in [0.05, 0.1) is 5.69 Å². The van der Waals surface area contributed by atoms with E-state index in [-0.39, 0.29) is 18.0 Å². The molecule has 0 atom stereocenters. The number of carbonyl (C=O) groups excluding carboxylic acids is 1. The maximum atomic E-state index is 12.6. The second-order valence-electron chi connectivity index (χ2n) is 6.29. The summed E-state index contributed by atoms with van der Waals surface area (Å²) < 4.78 is 2.77. The fraction of sp³-hybridized carbons (Fsp3) is 0.353. The van der Waals surface area contributed by atoms with E-state index in [1.807, 2.05) is 18.2 Å². The Bertz CT molecular complexity index is 988. The molecule has 0 aliphatic heterocycles. The van der Waals surface area contributed by atoms with Crippen LogP contribution >= 0.6 is 0 Å². The van der Waals surface area contributed by atoms with Gasteiger partial charge in [0.25, 0.3) is 5.56 Å². The number of nitrogens with one attached hydrogen (secondary N) is 1. The van der Waals surface area contributed by atoms with Crippen molar-refractivity contribution >= 4 is 11.4 Å². The van der Waals surface area contributed by atoms with E-state index in [1.165, 1.54) is 4.68 Å².